The van der Waals surface area contributed by atoms with Crippen molar-refractivity contribution in [3.63, 3.8) is 0 Å². The third-order valence-electron chi connectivity index (χ3n) is 3.61. The lowest BCUT2D eigenvalue weighted by Gasteiger charge is -2.23. The van der Waals surface area contributed by atoms with Crippen molar-refractivity contribution in [1.29, 1.82) is 0 Å². The van der Waals surface area contributed by atoms with Crippen molar-refractivity contribution in [3.05, 3.63) is 35.4 Å². The Morgan fingerprint density at radius 2 is 1.67 bits per heavy atom. The summed E-state index contributed by atoms with van der Waals surface area (Å²) in [5.41, 5.74) is 1.49. The average Bonchev–Trinajstić information content (AvgIpc) is 2.56. The molecule has 1 rings (SSSR count). The Morgan fingerprint density at radius 1 is 1.08 bits per heavy atom. The Kier molecular flexibility index (Phi) is 7.42. The molecule has 0 aliphatic carbocycles. The maximum absolute atomic E-state index is 12.4. The van der Waals surface area contributed by atoms with Crippen LogP contribution in [0, 0.1) is 12.8 Å². The van der Waals surface area contributed by atoms with Crippen LogP contribution >= 0.6 is 0 Å². The molecule has 132 valence electrons. The van der Waals surface area contributed by atoms with Crippen LogP contribution in [0.1, 0.15) is 43.1 Å². The summed E-state index contributed by atoms with van der Waals surface area (Å²) in [6, 6.07) is 6.18. The molecule has 0 saturated carbocycles. The summed E-state index contributed by atoms with van der Waals surface area (Å²) < 4.78 is 9.81. The first kappa shape index (κ1) is 19.7. The third-order valence-corrected chi connectivity index (χ3v) is 3.61. The van der Waals surface area contributed by atoms with Crippen molar-refractivity contribution in [2.45, 2.75) is 46.3 Å². The molecular formula is C18H25NO5. The molecule has 2 atom stereocenters. The molecule has 1 aromatic carbocycles. The molecule has 0 aromatic heterocycles. The van der Waals surface area contributed by atoms with E-state index in [2.05, 4.69) is 10.1 Å². The predicted octanol–water partition coefficient (Wildman–Crippen LogP) is 2.24. The lowest BCUT2D eigenvalue weighted by molar-refractivity contribution is -0.168. The Morgan fingerprint density at radius 3 is 2.12 bits per heavy atom. The number of hydrogen-bond donors (Lipinski definition) is 1. The maximum Gasteiger partial charge on any atom is 0.347 e. The normalized spacial score (nSPS) is 13.1. The highest BCUT2D eigenvalue weighted by molar-refractivity contribution is 5.97. The van der Waals surface area contributed by atoms with Gasteiger partial charge in [0.25, 0.3) is 5.91 Å². The molecule has 0 radical (unpaired) electrons. The van der Waals surface area contributed by atoms with Crippen molar-refractivity contribution in [2.75, 3.05) is 7.11 Å². The molecule has 0 saturated heterocycles. The molecule has 1 N–H and O–H groups in total. The van der Waals surface area contributed by atoms with Crippen LogP contribution in [0.5, 0.6) is 0 Å². The minimum atomic E-state index is -0.972. The van der Waals surface area contributed by atoms with E-state index in [4.69, 9.17) is 4.74 Å². The lowest BCUT2D eigenvalue weighted by atomic mass is 10.0. The van der Waals surface area contributed by atoms with Crippen LogP contribution in [-0.2, 0) is 19.1 Å². The Balaban J connectivity index is 2.82. The summed E-state index contributed by atoms with van der Waals surface area (Å²) in [6.07, 6.45) is -0.671. The predicted molar refractivity (Wildman–Crippen MR) is 89.5 cm³/mol. The highest BCUT2D eigenvalue weighted by Crippen LogP contribution is 2.11. The molecule has 1 amide bonds. The molecule has 0 aliphatic heterocycles. The number of ether oxygens (including phenoxy) is 2. The van der Waals surface area contributed by atoms with Crippen molar-refractivity contribution in [1.82, 2.24) is 5.32 Å². The van der Waals surface area contributed by atoms with E-state index in [0.29, 0.717) is 12.0 Å². The van der Waals surface area contributed by atoms with Gasteiger partial charge in [-0.1, -0.05) is 38.5 Å². The molecule has 0 aliphatic rings. The van der Waals surface area contributed by atoms with Crippen molar-refractivity contribution < 1.29 is 23.9 Å². The van der Waals surface area contributed by atoms with E-state index in [0.717, 1.165) is 5.56 Å². The number of hydrogen-bond acceptors (Lipinski definition) is 5. The molecule has 24 heavy (non-hydrogen) atoms. The molecule has 6 heteroatoms. The first-order chi connectivity index (χ1) is 11.3. The van der Waals surface area contributed by atoms with E-state index >= 15 is 0 Å². The zero-order valence-electron chi connectivity index (χ0n) is 14.8. The minimum absolute atomic E-state index is 0.193. The van der Waals surface area contributed by atoms with Crippen LogP contribution in [0.25, 0.3) is 0 Å². The maximum atomic E-state index is 12.4. The quantitative estimate of drug-likeness (QED) is 0.773. The minimum Gasteiger partial charge on any atom is -0.466 e. The molecule has 6 nitrogen and oxygen atoms in total. The number of amides is 1. The van der Waals surface area contributed by atoms with E-state index in [-0.39, 0.29) is 11.8 Å². The molecule has 0 unspecified atom stereocenters. The standard InChI is InChI=1S/C18H25NO5/c1-6-14(17(21)23-5)24-18(22)15(11(2)3)19-16(20)13-9-7-12(4)8-10-13/h7-11,14-15H,6H2,1-5H3,(H,19,20)/t14-,15-/m0/s1. The monoisotopic (exact) mass is 335 g/mol. The molecule has 0 spiro atoms. The van der Waals surface area contributed by atoms with Gasteiger partial charge in [0, 0.05) is 5.56 Å². The SMILES string of the molecule is CC[C@H](OC(=O)[C@@H](NC(=O)c1ccc(C)cc1)C(C)C)C(=O)OC. The van der Waals surface area contributed by atoms with E-state index in [1.165, 1.54) is 7.11 Å². The van der Waals surface area contributed by atoms with E-state index < -0.39 is 24.1 Å². The number of aryl methyl sites for hydroxylation is 1. The number of methoxy groups -OCH3 is 1. The molecule has 0 fully saturated rings. The summed E-state index contributed by atoms with van der Waals surface area (Å²) in [4.78, 5) is 36.2. The zero-order valence-corrected chi connectivity index (χ0v) is 14.8. The molecular weight excluding hydrogens is 310 g/mol. The summed E-state index contributed by atoms with van der Waals surface area (Å²) in [7, 11) is 1.23. The van der Waals surface area contributed by atoms with Gasteiger partial charge >= 0.3 is 11.9 Å². The smallest absolute Gasteiger partial charge is 0.347 e. The summed E-state index contributed by atoms with van der Waals surface area (Å²) in [6.45, 7) is 7.22. The third kappa shape index (κ3) is 5.37. The number of carbonyl (C=O) groups is 3. The van der Waals surface area contributed by atoms with Gasteiger partial charge in [-0.3, -0.25) is 4.79 Å². The van der Waals surface area contributed by atoms with Crippen molar-refractivity contribution in [2.24, 2.45) is 5.92 Å². The van der Waals surface area contributed by atoms with Gasteiger partial charge in [0.1, 0.15) is 6.04 Å². The van der Waals surface area contributed by atoms with Gasteiger partial charge in [0.2, 0.25) is 0 Å². The molecule has 1 aromatic rings. The van der Waals surface area contributed by atoms with Gasteiger partial charge in [-0.05, 0) is 31.4 Å². The van der Waals surface area contributed by atoms with Crippen molar-refractivity contribution >= 4 is 17.8 Å². The average molecular weight is 335 g/mol. The van der Waals surface area contributed by atoms with Crippen LogP contribution in [0.3, 0.4) is 0 Å². The van der Waals surface area contributed by atoms with Gasteiger partial charge in [-0.2, -0.15) is 0 Å². The number of carbonyl (C=O) groups excluding carboxylic acids is 3. The van der Waals surface area contributed by atoms with Gasteiger partial charge in [-0.15, -0.1) is 0 Å². The van der Waals surface area contributed by atoms with Crippen LogP contribution in [0.15, 0.2) is 24.3 Å². The Labute approximate surface area is 142 Å². The fourth-order valence-corrected chi connectivity index (χ4v) is 2.07. The summed E-state index contributed by atoms with van der Waals surface area (Å²) in [5, 5.41) is 2.67. The Hall–Kier alpha value is -2.37. The number of benzene rings is 1. The van der Waals surface area contributed by atoms with Gasteiger partial charge in [0.15, 0.2) is 6.10 Å². The van der Waals surface area contributed by atoms with Gasteiger partial charge < -0.3 is 14.8 Å². The topological polar surface area (TPSA) is 81.7 Å². The van der Waals surface area contributed by atoms with E-state index in [1.54, 1.807) is 32.9 Å². The van der Waals surface area contributed by atoms with Gasteiger partial charge in [-0.25, -0.2) is 9.59 Å². The van der Waals surface area contributed by atoms with E-state index in [9.17, 15) is 14.4 Å². The number of rotatable bonds is 7. The van der Waals surface area contributed by atoms with Crippen LogP contribution in [-0.4, -0.2) is 37.1 Å². The second-order valence-electron chi connectivity index (χ2n) is 5.92. The van der Waals surface area contributed by atoms with Crippen LogP contribution < -0.4 is 5.32 Å². The summed E-state index contributed by atoms with van der Waals surface area (Å²) in [5.74, 6) is -1.82. The van der Waals surface area contributed by atoms with Gasteiger partial charge in [0.05, 0.1) is 7.11 Å². The van der Waals surface area contributed by atoms with E-state index in [1.807, 2.05) is 19.1 Å². The molecule has 0 heterocycles. The first-order valence-electron chi connectivity index (χ1n) is 7.96. The highest BCUT2D eigenvalue weighted by atomic mass is 16.6. The first-order valence-corrected chi connectivity index (χ1v) is 7.96. The number of nitrogens with one attached hydrogen (secondary N) is 1. The highest BCUT2D eigenvalue weighted by Gasteiger charge is 2.30. The fraction of sp³-hybridized carbons (Fsp3) is 0.500. The largest absolute Gasteiger partial charge is 0.466 e. The van der Waals surface area contributed by atoms with Crippen molar-refractivity contribution in [3.8, 4) is 0 Å². The molecule has 0 bridgehead atoms. The second kappa shape index (κ2) is 9.05. The number of esters is 2. The van der Waals surface area contributed by atoms with Crippen LogP contribution in [0.2, 0.25) is 0 Å². The Bertz CT molecular complexity index is 580. The summed E-state index contributed by atoms with van der Waals surface area (Å²) >= 11 is 0. The lowest BCUT2D eigenvalue weighted by Crippen LogP contribution is -2.47. The van der Waals surface area contributed by atoms with Crippen LogP contribution in [0.4, 0.5) is 0 Å². The zero-order chi connectivity index (χ0) is 18.3. The fourth-order valence-electron chi connectivity index (χ4n) is 2.07. The second-order valence-corrected chi connectivity index (χ2v) is 5.92.